The third kappa shape index (κ3) is 5.71. The number of para-hydroxylation sites is 1. The summed E-state index contributed by atoms with van der Waals surface area (Å²) in [5.74, 6) is 0.692. The van der Waals surface area contributed by atoms with Gasteiger partial charge in [-0.25, -0.2) is 0 Å². The molecule has 6 nitrogen and oxygen atoms in total. The number of hydrogen-bond donors (Lipinski definition) is 3. The molecule has 116 valence electrons. The van der Waals surface area contributed by atoms with Crippen LogP contribution in [0.15, 0.2) is 30.3 Å². The monoisotopic (exact) mass is 294 g/mol. The molecule has 6 heteroatoms. The van der Waals surface area contributed by atoms with Gasteiger partial charge in [0.15, 0.2) is 0 Å². The van der Waals surface area contributed by atoms with E-state index in [2.05, 4.69) is 10.6 Å². The van der Waals surface area contributed by atoms with Gasteiger partial charge in [0.25, 0.3) is 0 Å². The van der Waals surface area contributed by atoms with Crippen molar-refractivity contribution in [2.24, 2.45) is 5.92 Å². The van der Waals surface area contributed by atoms with Gasteiger partial charge in [0.1, 0.15) is 19.0 Å². The molecule has 0 bridgehead atoms. The lowest BCUT2D eigenvalue weighted by Crippen LogP contribution is -2.36. The van der Waals surface area contributed by atoms with Crippen LogP contribution in [0.1, 0.15) is 0 Å². The van der Waals surface area contributed by atoms with Crippen LogP contribution < -0.4 is 15.4 Å². The highest BCUT2D eigenvalue weighted by molar-refractivity contribution is 5.77. The van der Waals surface area contributed by atoms with E-state index in [1.807, 2.05) is 30.3 Å². The normalized spacial score (nSPS) is 21.2. The molecule has 1 saturated heterocycles. The number of nitrogens with one attached hydrogen (secondary N) is 2. The third-order valence-corrected chi connectivity index (χ3v) is 3.34. The van der Waals surface area contributed by atoms with Crippen molar-refractivity contribution in [3.05, 3.63) is 30.3 Å². The van der Waals surface area contributed by atoms with Crippen LogP contribution in [-0.2, 0) is 9.53 Å². The minimum atomic E-state index is -0.384. The van der Waals surface area contributed by atoms with Gasteiger partial charge in [-0.3, -0.25) is 4.79 Å². The van der Waals surface area contributed by atoms with Gasteiger partial charge in [-0.2, -0.15) is 0 Å². The summed E-state index contributed by atoms with van der Waals surface area (Å²) in [6.07, 6.45) is -0.384. The Hall–Kier alpha value is -1.63. The van der Waals surface area contributed by atoms with Gasteiger partial charge >= 0.3 is 0 Å². The molecule has 1 heterocycles. The van der Waals surface area contributed by atoms with E-state index < -0.39 is 0 Å². The van der Waals surface area contributed by atoms with Gasteiger partial charge in [0.05, 0.1) is 12.7 Å². The number of β-amino-alcohol motifs (C(OH)–C–C–N with tert-alkyl or cyclic N) is 1. The SMILES string of the molecule is O=C(COCCOc1ccccc1)NCC1CNCC1O. The zero-order valence-electron chi connectivity index (χ0n) is 12.0. The van der Waals surface area contributed by atoms with Crippen molar-refractivity contribution in [1.82, 2.24) is 10.6 Å². The fourth-order valence-corrected chi connectivity index (χ4v) is 2.12. The van der Waals surface area contributed by atoms with Crippen molar-refractivity contribution in [3.63, 3.8) is 0 Å². The van der Waals surface area contributed by atoms with E-state index in [4.69, 9.17) is 9.47 Å². The Morgan fingerprint density at radius 1 is 1.29 bits per heavy atom. The molecule has 1 aliphatic heterocycles. The highest BCUT2D eigenvalue weighted by Crippen LogP contribution is 2.08. The number of hydrogen-bond acceptors (Lipinski definition) is 5. The van der Waals surface area contributed by atoms with Gasteiger partial charge < -0.3 is 25.2 Å². The summed E-state index contributed by atoms with van der Waals surface area (Å²) in [5, 5.41) is 15.4. The Balaban J connectivity index is 1.49. The largest absolute Gasteiger partial charge is 0.491 e. The van der Waals surface area contributed by atoms with Crippen LogP contribution in [0.3, 0.4) is 0 Å². The number of carbonyl (C=O) groups is 1. The topological polar surface area (TPSA) is 79.8 Å². The van der Waals surface area contributed by atoms with Crippen LogP contribution in [-0.4, -0.2) is 56.6 Å². The highest BCUT2D eigenvalue weighted by Gasteiger charge is 2.24. The molecule has 1 amide bonds. The Kier molecular flexibility index (Phi) is 6.46. The second kappa shape index (κ2) is 8.61. The molecule has 3 N–H and O–H groups in total. The molecule has 0 aliphatic carbocycles. The molecule has 0 spiro atoms. The molecule has 21 heavy (non-hydrogen) atoms. The van der Waals surface area contributed by atoms with E-state index in [0.29, 0.717) is 26.3 Å². The van der Waals surface area contributed by atoms with Gasteiger partial charge in [-0.1, -0.05) is 18.2 Å². The first kappa shape index (κ1) is 15.8. The van der Waals surface area contributed by atoms with Crippen molar-refractivity contribution in [3.8, 4) is 5.75 Å². The average Bonchev–Trinajstić information content (AvgIpc) is 2.91. The number of carbonyl (C=O) groups excluding carboxylic acids is 1. The zero-order chi connectivity index (χ0) is 14.9. The maximum Gasteiger partial charge on any atom is 0.246 e. The summed E-state index contributed by atoms with van der Waals surface area (Å²) < 4.78 is 10.7. The van der Waals surface area contributed by atoms with Crippen molar-refractivity contribution < 1.29 is 19.4 Å². The van der Waals surface area contributed by atoms with E-state index in [1.54, 1.807) is 0 Å². The van der Waals surface area contributed by atoms with Crippen LogP contribution in [0.2, 0.25) is 0 Å². The summed E-state index contributed by atoms with van der Waals surface area (Å²) in [4.78, 5) is 11.6. The molecule has 0 saturated carbocycles. The minimum Gasteiger partial charge on any atom is -0.491 e. The first-order chi connectivity index (χ1) is 10.3. The highest BCUT2D eigenvalue weighted by atomic mass is 16.5. The molecule has 1 aromatic rings. The number of ether oxygens (including phenoxy) is 2. The molecule has 1 aliphatic rings. The Morgan fingerprint density at radius 2 is 2.10 bits per heavy atom. The summed E-state index contributed by atoms with van der Waals surface area (Å²) in [5.41, 5.74) is 0. The van der Waals surface area contributed by atoms with Crippen LogP contribution in [0.25, 0.3) is 0 Å². The Labute approximate surface area is 124 Å². The van der Waals surface area contributed by atoms with Crippen LogP contribution in [0, 0.1) is 5.92 Å². The van der Waals surface area contributed by atoms with Crippen LogP contribution in [0.5, 0.6) is 5.75 Å². The maximum atomic E-state index is 11.6. The third-order valence-electron chi connectivity index (χ3n) is 3.34. The predicted octanol–water partition coefficient (Wildman–Crippen LogP) is -0.221. The standard InChI is InChI=1S/C15H22N2O4/c18-14-10-16-8-12(14)9-17-15(19)11-20-6-7-21-13-4-2-1-3-5-13/h1-5,12,14,16,18H,6-11H2,(H,17,19). The lowest BCUT2D eigenvalue weighted by molar-refractivity contribution is -0.126. The number of aliphatic hydroxyl groups excluding tert-OH is 1. The maximum absolute atomic E-state index is 11.6. The molecule has 1 aromatic carbocycles. The van der Waals surface area contributed by atoms with E-state index in [1.165, 1.54) is 0 Å². The summed E-state index contributed by atoms with van der Waals surface area (Å²) in [6, 6.07) is 9.46. The minimum absolute atomic E-state index is 0.00833. The van der Waals surface area contributed by atoms with E-state index >= 15 is 0 Å². The summed E-state index contributed by atoms with van der Waals surface area (Å²) in [6.45, 7) is 2.56. The number of benzene rings is 1. The van der Waals surface area contributed by atoms with E-state index in [9.17, 15) is 9.90 Å². The molecule has 0 aromatic heterocycles. The molecule has 1 fully saturated rings. The number of aliphatic hydroxyl groups is 1. The van der Waals surface area contributed by atoms with Crippen molar-refractivity contribution in [2.45, 2.75) is 6.10 Å². The first-order valence-electron chi connectivity index (χ1n) is 7.17. The van der Waals surface area contributed by atoms with Gasteiger partial charge in [-0.05, 0) is 12.1 Å². The lowest BCUT2D eigenvalue weighted by Gasteiger charge is -2.14. The van der Waals surface area contributed by atoms with Crippen molar-refractivity contribution in [1.29, 1.82) is 0 Å². The van der Waals surface area contributed by atoms with Crippen molar-refractivity contribution >= 4 is 5.91 Å². The average molecular weight is 294 g/mol. The zero-order valence-corrected chi connectivity index (χ0v) is 12.0. The number of amides is 1. The second-order valence-electron chi connectivity index (χ2n) is 5.00. The van der Waals surface area contributed by atoms with E-state index in [0.717, 1.165) is 12.3 Å². The first-order valence-corrected chi connectivity index (χ1v) is 7.17. The number of rotatable bonds is 8. The predicted molar refractivity (Wildman–Crippen MR) is 78.1 cm³/mol. The van der Waals surface area contributed by atoms with Gasteiger partial charge in [-0.15, -0.1) is 0 Å². The molecular formula is C15H22N2O4. The lowest BCUT2D eigenvalue weighted by atomic mass is 10.1. The smallest absolute Gasteiger partial charge is 0.246 e. The quantitative estimate of drug-likeness (QED) is 0.578. The molecule has 0 radical (unpaired) electrons. The summed E-state index contributed by atoms with van der Waals surface area (Å²) >= 11 is 0. The van der Waals surface area contributed by atoms with E-state index in [-0.39, 0.29) is 24.5 Å². The Bertz CT molecular complexity index is 427. The fourth-order valence-electron chi connectivity index (χ4n) is 2.12. The second-order valence-corrected chi connectivity index (χ2v) is 5.00. The molecule has 2 atom stereocenters. The molecular weight excluding hydrogens is 272 g/mol. The summed E-state index contributed by atoms with van der Waals surface area (Å²) in [7, 11) is 0. The fraction of sp³-hybridized carbons (Fsp3) is 0.533. The van der Waals surface area contributed by atoms with Crippen LogP contribution >= 0.6 is 0 Å². The Morgan fingerprint density at radius 3 is 2.81 bits per heavy atom. The van der Waals surface area contributed by atoms with Gasteiger partial charge in [0.2, 0.25) is 5.91 Å². The van der Waals surface area contributed by atoms with Crippen LogP contribution in [0.4, 0.5) is 0 Å². The molecule has 2 rings (SSSR count). The molecule has 2 unspecified atom stereocenters. The van der Waals surface area contributed by atoms with Crippen molar-refractivity contribution in [2.75, 3.05) is 39.5 Å². The van der Waals surface area contributed by atoms with Gasteiger partial charge in [0, 0.05) is 25.6 Å².